The second-order valence-electron chi connectivity index (χ2n) is 9.78. The molecule has 1 aliphatic heterocycles. The summed E-state index contributed by atoms with van der Waals surface area (Å²) in [4.78, 5) is 37.4. The second kappa shape index (κ2) is 9.84. The van der Waals surface area contributed by atoms with Crippen LogP contribution in [0.25, 0.3) is 28.0 Å². The predicted octanol–water partition coefficient (Wildman–Crippen LogP) is 4.55. The van der Waals surface area contributed by atoms with Crippen LogP contribution < -0.4 is 10.6 Å². The van der Waals surface area contributed by atoms with Crippen molar-refractivity contribution in [2.45, 2.75) is 39.7 Å². The van der Waals surface area contributed by atoms with E-state index in [0.29, 0.717) is 22.5 Å². The number of hydrogen-bond donors (Lipinski definition) is 2. The van der Waals surface area contributed by atoms with E-state index in [1.807, 2.05) is 25.7 Å². The molecule has 11 nitrogen and oxygen atoms in total. The summed E-state index contributed by atoms with van der Waals surface area (Å²) in [6, 6.07) is 5.05. The molecule has 2 N–H and O–H groups in total. The molecule has 1 aromatic carbocycles. The van der Waals surface area contributed by atoms with Gasteiger partial charge in [-0.05, 0) is 32.0 Å². The van der Waals surface area contributed by atoms with Crippen molar-refractivity contribution in [3.63, 3.8) is 0 Å². The molecule has 0 saturated carbocycles. The van der Waals surface area contributed by atoms with E-state index in [1.165, 1.54) is 33.7 Å². The van der Waals surface area contributed by atoms with Crippen LogP contribution in [0.3, 0.4) is 0 Å². The molecule has 0 radical (unpaired) electrons. The van der Waals surface area contributed by atoms with Crippen molar-refractivity contribution in [3.8, 4) is 22.7 Å². The van der Waals surface area contributed by atoms with Gasteiger partial charge in [0.25, 0.3) is 0 Å². The maximum atomic E-state index is 14.9. The highest BCUT2D eigenvalue weighted by Gasteiger charge is 2.31. The van der Waals surface area contributed by atoms with Crippen LogP contribution in [0.5, 0.6) is 5.75 Å². The summed E-state index contributed by atoms with van der Waals surface area (Å²) in [7, 11) is 0. The summed E-state index contributed by atoms with van der Waals surface area (Å²) in [5.41, 5.74) is -0.0657. The molecule has 13 heteroatoms. The number of fused-ring (bicyclic) bond motifs is 1. The number of pyridine rings is 1. The molecule has 204 valence electrons. The Kier molecular flexibility index (Phi) is 6.67. The standard InChI is InChI=1S/C26H26ClFN6O5/c1-12(2)22-21(14(4)31-39-22)34-24-15(10-16(27)20(29-24)19-17(28)6-5-7-18(19)35)23(30-25(34)36)33-9-8-32(26(37)38)11-13(33)3/h5-7,10,12-13,35H,8-9,11H2,1-4H3,(H,37,38)/t13-/m0/s1. The average Bonchev–Trinajstić information content (AvgIpc) is 3.25. The van der Waals surface area contributed by atoms with Gasteiger partial charge in [0.1, 0.15) is 28.8 Å². The Bertz CT molecular complexity index is 1650. The normalized spacial score (nSPS) is 15.9. The largest absolute Gasteiger partial charge is 0.507 e. The van der Waals surface area contributed by atoms with Gasteiger partial charge in [-0.2, -0.15) is 4.98 Å². The van der Waals surface area contributed by atoms with E-state index in [9.17, 15) is 24.2 Å². The van der Waals surface area contributed by atoms with Crippen molar-refractivity contribution in [2.75, 3.05) is 24.5 Å². The van der Waals surface area contributed by atoms with Crippen molar-refractivity contribution in [1.29, 1.82) is 0 Å². The zero-order valence-corrected chi connectivity index (χ0v) is 22.4. The lowest BCUT2D eigenvalue weighted by Crippen LogP contribution is -2.54. The van der Waals surface area contributed by atoms with Crippen LogP contribution in [-0.4, -0.2) is 66.6 Å². The van der Waals surface area contributed by atoms with E-state index in [1.54, 1.807) is 6.92 Å². The Hall–Kier alpha value is -4.19. The fourth-order valence-corrected chi connectivity index (χ4v) is 5.17. The number of anilines is 1. The van der Waals surface area contributed by atoms with Crippen molar-refractivity contribution in [3.05, 3.63) is 57.0 Å². The third-order valence-corrected chi connectivity index (χ3v) is 7.09. The molecule has 1 saturated heterocycles. The zero-order valence-electron chi connectivity index (χ0n) is 21.6. The number of rotatable bonds is 4. The molecule has 0 spiro atoms. The Morgan fingerprint density at radius 1 is 1.26 bits per heavy atom. The number of hydrogen-bond acceptors (Lipinski definition) is 8. The van der Waals surface area contributed by atoms with Gasteiger partial charge in [0.05, 0.1) is 21.7 Å². The fourth-order valence-electron chi connectivity index (χ4n) is 4.93. The summed E-state index contributed by atoms with van der Waals surface area (Å²) in [6.45, 7) is 7.96. The van der Waals surface area contributed by atoms with E-state index in [0.717, 1.165) is 0 Å². The third-order valence-electron chi connectivity index (χ3n) is 6.80. The highest BCUT2D eigenvalue weighted by molar-refractivity contribution is 6.34. The molecule has 0 unspecified atom stereocenters. The Balaban J connectivity index is 1.84. The van der Waals surface area contributed by atoms with Crippen LogP contribution >= 0.6 is 11.6 Å². The zero-order chi connectivity index (χ0) is 28.2. The molecule has 1 aliphatic rings. The third kappa shape index (κ3) is 4.44. The van der Waals surface area contributed by atoms with Crippen LogP contribution in [0, 0.1) is 12.7 Å². The number of aryl methyl sites for hydroxylation is 1. The predicted molar refractivity (Wildman–Crippen MR) is 142 cm³/mol. The van der Waals surface area contributed by atoms with Crippen molar-refractivity contribution in [1.82, 2.24) is 24.6 Å². The maximum Gasteiger partial charge on any atom is 0.407 e. The number of aromatic nitrogens is 4. The fraction of sp³-hybridized carbons (Fsp3) is 0.346. The van der Waals surface area contributed by atoms with Crippen molar-refractivity contribution in [2.24, 2.45) is 0 Å². The van der Waals surface area contributed by atoms with Gasteiger partial charge >= 0.3 is 11.8 Å². The van der Waals surface area contributed by atoms with Gasteiger partial charge in [0, 0.05) is 31.6 Å². The summed E-state index contributed by atoms with van der Waals surface area (Å²) in [6.07, 6.45) is -1.03. The Labute approximate surface area is 227 Å². The second-order valence-corrected chi connectivity index (χ2v) is 10.2. The molecule has 1 atom stereocenters. The average molecular weight is 557 g/mol. The van der Waals surface area contributed by atoms with Crippen LogP contribution in [0.4, 0.5) is 15.0 Å². The van der Waals surface area contributed by atoms with Crippen LogP contribution in [-0.2, 0) is 0 Å². The summed E-state index contributed by atoms with van der Waals surface area (Å²) in [5.74, 6) is -0.554. The molecule has 0 bridgehead atoms. The van der Waals surface area contributed by atoms with Crippen LogP contribution in [0.1, 0.15) is 38.1 Å². The number of amides is 1. The molecular weight excluding hydrogens is 531 g/mol. The van der Waals surface area contributed by atoms with Gasteiger partial charge in [-0.25, -0.2) is 23.5 Å². The first-order valence-corrected chi connectivity index (χ1v) is 12.7. The molecule has 5 rings (SSSR count). The number of aromatic hydroxyl groups is 1. The Morgan fingerprint density at radius 2 is 2.00 bits per heavy atom. The highest BCUT2D eigenvalue weighted by Crippen LogP contribution is 2.39. The number of phenols is 1. The van der Waals surface area contributed by atoms with Gasteiger partial charge in [0.2, 0.25) is 0 Å². The van der Waals surface area contributed by atoms with Gasteiger partial charge in [0.15, 0.2) is 11.4 Å². The first-order chi connectivity index (χ1) is 18.5. The molecule has 4 aromatic rings. The van der Waals surface area contributed by atoms with Gasteiger partial charge in [-0.1, -0.05) is 36.7 Å². The van der Waals surface area contributed by atoms with Gasteiger partial charge < -0.3 is 24.5 Å². The summed E-state index contributed by atoms with van der Waals surface area (Å²) < 4.78 is 21.7. The highest BCUT2D eigenvalue weighted by atomic mass is 35.5. The molecule has 1 amide bonds. The Morgan fingerprint density at radius 3 is 2.64 bits per heavy atom. The lowest BCUT2D eigenvalue weighted by molar-refractivity contribution is 0.136. The van der Waals surface area contributed by atoms with Crippen LogP contribution in [0.15, 0.2) is 33.6 Å². The number of benzene rings is 1. The number of carbonyl (C=O) groups is 1. The minimum Gasteiger partial charge on any atom is -0.507 e. The SMILES string of the molecule is Cc1noc(C(C)C)c1-n1c(=O)nc(N2CCN(C(=O)O)C[C@@H]2C)c2cc(Cl)c(-c3c(O)cccc3F)nc21. The molecule has 4 heterocycles. The maximum absolute atomic E-state index is 14.9. The molecule has 0 aliphatic carbocycles. The van der Waals surface area contributed by atoms with E-state index >= 15 is 0 Å². The van der Waals surface area contributed by atoms with Gasteiger partial charge in [-0.15, -0.1) is 0 Å². The van der Waals surface area contributed by atoms with Crippen LogP contribution in [0.2, 0.25) is 5.02 Å². The van der Waals surface area contributed by atoms with E-state index in [2.05, 4.69) is 15.1 Å². The number of phenolic OH excluding ortho intramolecular Hbond substituents is 1. The number of carboxylic acid groups (broad SMARTS) is 1. The smallest absolute Gasteiger partial charge is 0.407 e. The molecule has 39 heavy (non-hydrogen) atoms. The van der Waals surface area contributed by atoms with E-state index in [4.69, 9.17) is 16.1 Å². The first kappa shape index (κ1) is 26.4. The molecule has 1 fully saturated rings. The molecular formula is C26H26ClFN6O5. The van der Waals surface area contributed by atoms with Crippen molar-refractivity contribution < 1.29 is 23.9 Å². The summed E-state index contributed by atoms with van der Waals surface area (Å²) >= 11 is 6.63. The first-order valence-electron chi connectivity index (χ1n) is 12.3. The quantitative estimate of drug-likeness (QED) is 0.370. The lowest BCUT2D eigenvalue weighted by Gasteiger charge is -2.39. The minimum atomic E-state index is -1.03. The van der Waals surface area contributed by atoms with Crippen molar-refractivity contribution >= 4 is 34.5 Å². The summed E-state index contributed by atoms with van der Waals surface area (Å²) in [5, 5.41) is 24.4. The van der Waals surface area contributed by atoms with Gasteiger partial charge in [-0.3, -0.25) is 0 Å². The number of halogens is 2. The topological polar surface area (TPSA) is 138 Å². The lowest BCUT2D eigenvalue weighted by atomic mass is 10.1. The van der Waals surface area contributed by atoms with E-state index < -0.39 is 17.6 Å². The van der Waals surface area contributed by atoms with E-state index in [-0.39, 0.29) is 65.1 Å². The molecule has 3 aromatic heterocycles. The minimum absolute atomic E-state index is 0.0269. The monoisotopic (exact) mass is 556 g/mol. The number of piperazine rings is 1. The number of nitrogens with zero attached hydrogens (tertiary/aromatic N) is 6.